The summed E-state index contributed by atoms with van der Waals surface area (Å²) in [5.41, 5.74) is 2.61. The normalized spacial score (nSPS) is 16.4. The van der Waals surface area contributed by atoms with E-state index in [1.165, 1.54) is 5.56 Å². The van der Waals surface area contributed by atoms with Gasteiger partial charge in [-0.3, -0.25) is 4.79 Å². The lowest BCUT2D eigenvalue weighted by Crippen LogP contribution is -2.10. The number of hydrogen-bond donors (Lipinski definition) is 0. The largest absolute Gasteiger partial charge is 0.295 e. The van der Waals surface area contributed by atoms with Crippen LogP contribution in [0.25, 0.3) is 6.08 Å². The Bertz CT molecular complexity index is 428. The standard InChI is InChI=1S/C16H20O/c1-16(2,3)14-9-4-12(5-10-14)6-11-15(17)13-7-8-13/h4-6,9-11,13H,7-8H2,1-3H3. The lowest BCUT2D eigenvalue weighted by Gasteiger charge is -2.18. The molecule has 17 heavy (non-hydrogen) atoms. The molecule has 1 aliphatic carbocycles. The summed E-state index contributed by atoms with van der Waals surface area (Å²) in [6.07, 6.45) is 5.80. The van der Waals surface area contributed by atoms with Gasteiger partial charge in [0.25, 0.3) is 0 Å². The highest BCUT2D eigenvalue weighted by atomic mass is 16.1. The molecule has 1 aromatic rings. The second kappa shape index (κ2) is 4.48. The van der Waals surface area contributed by atoms with E-state index in [9.17, 15) is 4.79 Å². The molecule has 90 valence electrons. The number of rotatable bonds is 3. The van der Waals surface area contributed by atoms with E-state index >= 15 is 0 Å². The first-order valence-corrected chi connectivity index (χ1v) is 6.29. The zero-order valence-corrected chi connectivity index (χ0v) is 10.9. The average molecular weight is 228 g/mol. The summed E-state index contributed by atoms with van der Waals surface area (Å²) in [4.78, 5) is 11.5. The second-order valence-corrected chi connectivity index (χ2v) is 5.88. The summed E-state index contributed by atoms with van der Waals surface area (Å²) in [6, 6.07) is 8.44. The van der Waals surface area contributed by atoms with Crippen LogP contribution in [-0.4, -0.2) is 5.78 Å². The number of carbonyl (C=O) groups is 1. The molecular formula is C16H20O. The fraction of sp³-hybridized carbons (Fsp3) is 0.438. The smallest absolute Gasteiger partial charge is 0.158 e. The average Bonchev–Trinajstić information content (AvgIpc) is 3.09. The summed E-state index contributed by atoms with van der Waals surface area (Å²) in [5.74, 6) is 0.602. The number of ketones is 1. The first-order valence-electron chi connectivity index (χ1n) is 6.29. The van der Waals surface area contributed by atoms with Gasteiger partial charge in [-0.2, -0.15) is 0 Å². The van der Waals surface area contributed by atoms with Gasteiger partial charge in [-0.05, 0) is 35.5 Å². The van der Waals surface area contributed by atoms with E-state index in [0.29, 0.717) is 5.92 Å². The van der Waals surface area contributed by atoms with E-state index in [4.69, 9.17) is 0 Å². The van der Waals surface area contributed by atoms with Gasteiger partial charge >= 0.3 is 0 Å². The summed E-state index contributed by atoms with van der Waals surface area (Å²) >= 11 is 0. The Morgan fingerprint density at radius 3 is 2.24 bits per heavy atom. The molecule has 0 N–H and O–H groups in total. The Morgan fingerprint density at radius 2 is 1.76 bits per heavy atom. The van der Waals surface area contributed by atoms with Crippen molar-refractivity contribution in [1.82, 2.24) is 0 Å². The van der Waals surface area contributed by atoms with Crippen LogP contribution in [0.3, 0.4) is 0 Å². The molecule has 1 fully saturated rings. The molecule has 0 heterocycles. The van der Waals surface area contributed by atoms with Crippen LogP contribution in [0, 0.1) is 5.92 Å². The highest BCUT2D eigenvalue weighted by molar-refractivity contribution is 5.96. The van der Waals surface area contributed by atoms with Gasteiger partial charge < -0.3 is 0 Å². The fourth-order valence-corrected chi connectivity index (χ4v) is 1.78. The minimum absolute atomic E-state index is 0.187. The minimum atomic E-state index is 0.187. The molecule has 1 saturated carbocycles. The van der Waals surface area contributed by atoms with Crippen molar-refractivity contribution < 1.29 is 4.79 Å². The van der Waals surface area contributed by atoms with Gasteiger partial charge in [0.1, 0.15) is 0 Å². The third-order valence-corrected chi connectivity index (χ3v) is 3.20. The van der Waals surface area contributed by atoms with Gasteiger partial charge in [0.15, 0.2) is 5.78 Å². The van der Waals surface area contributed by atoms with Crippen molar-refractivity contribution in [2.45, 2.75) is 39.0 Å². The number of carbonyl (C=O) groups excluding carboxylic acids is 1. The molecule has 0 unspecified atom stereocenters. The third-order valence-electron chi connectivity index (χ3n) is 3.20. The molecule has 1 aliphatic rings. The van der Waals surface area contributed by atoms with Crippen LogP contribution in [0.15, 0.2) is 30.3 Å². The maximum atomic E-state index is 11.5. The second-order valence-electron chi connectivity index (χ2n) is 5.88. The van der Waals surface area contributed by atoms with Crippen LogP contribution < -0.4 is 0 Å². The van der Waals surface area contributed by atoms with E-state index in [1.54, 1.807) is 6.08 Å². The van der Waals surface area contributed by atoms with Gasteiger partial charge in [-0.1, -0.05) is 51.1 Å². The van der Waals surface area contributed by atoms with Gasteiger partial charge in [0.2, 0.25) is 0 Å². The van der Waals surface area contributed by atoms with Crippen molar-refractivity contribution in [3.63, 3.8) is 0 Å². The Balaban J connectivity index is 2.05. The van der Waals surface area contributed by atoms with Crippen LogP contribution in [0.2, 0.25) is 0 Å². The van der Waals surface area contributed by atoms with Crippen LogP contribution in [0.4, 0.5) is 0 Å². The van der Waals surface area contributed by atoms with E-state index in [1.807, 2.05) is 6.08 Å². The molecule has 0 aromatic heterocycles. The van der Waals surface area contributed by atoms with Gasteiger partial charge in [-0.15, -0.1) is 0 Å². The van der Waals surface area contributed by atoms with Gasteiger partial charge in [0, 0.05) is 5.92 Å². The Labute approximate surface area is 104 Å². The van der Waals surface area contributed by atoms with Gasteiger partial charge in [-0.25, -0.2) is 0 Å². The van der Waals surface area contributed by atoms with Crippen LogP contribution in [-0.2, 0) is 10.2 Å². The third kappa shape index (κ3) is 3.29. The first-order chi connectivity index (χ1) is 7.97. The number of benzene rings is 1. The SMILES string of the molecule is CC(C)(C)c1ccc(C=CC(=O)C2CC2)cc1. The van der Waals surface area contributed by atoms with Crippen molar-refractivity contribution in [1.29, 1.82) is 0 Å². The zero-order valence-electron chi connectivity index (χ0n) is 10.9. The molecule has 1 nitrogen and oxygen atoms in total. The molecule has 0 bridgehead atoms. The monoisotopic (exact) mass is 228 g/mol. The number of hydrogen-bond acceptors (Lipinski definition) is 1. The van der Waals surface area contributed by atoms with Crippen LogP contribution >= 0.6 is 0 Å². The summed E-state index contributed by atoms with van der Waals surface area (Å²) in [7, 11) is 0. The molecule has 0 amide bonds. The lowest BCUT2D eigenvalue weighted by molar-refractivity contribution is -0.115. The zero-order chi connectivity index (χ0) is 12.5. The van der Waals surface area contributed by atoms with Crippen LogP contribution in [0.1, 0.15) is 44.7 Å². The van der Waals surface area contributed by atoms with E-state index < -0.39 is 0 Å². The van der Waals surface area contributed by atoms with Crippen molar-refractivity contribution in [3.8, 4) is 0 Å². The predicted molar refractivity (Wildman–Crippen MR) is 71.9 cm³/mol. The molecule has 0 radical (unpaired) electrons. The maximum absolute atomic E-state index is 11.5. The van der Waals surface area contributed by atoms with Crippen molar-refractivity contribution >= 4 is 11.9 Å². The molecule has 0 spiro atoms. The maximum Gasteiger partial charge on any atom is 0.158 e. The minimum Gasteiger partial charge on any atom is -0.295 e. The summed E-state index contributed by atoms with van der Waals surface area (Å²) in [6.45, 7) is 6.61. The predicted octanol–water partition coefficient (Wildman–Crippen LogP) is 3.98. The molecule has 1 heteroatoms. The Kier molecular flexibility index (Phi) is 3.19. The Hall–Kier alpha value is -1.37. The highest BCUT2D eigenvalue weighted by Crippen LogP contribution is 2.30. The van der Waals surface area contributed by atoms with E-state index in [0.717, 1.165) is 18.4 Å². The molecule has 0 atom stereocenters. The lowest BCUT2D eigenvalue weighted by atomic mass is 9.87. The molecular weight excluding hydrogens is 208 g/mol. The molecule has 1 aromatic carbocycles. The van der Waals surface area contributed by atoms with Crippen LogP contribution in [0.5, 0.6) is 0 Å². The molecule has 0 saturated heterocycles. The quantitative estimate of drug-likeness (QED) is 0.715. The van der Waals surface area contributed by atoms with Gasteiger partial charge in [0.05, 0.1) is 0 Å². The number of allylic oxidation sites excluding steroid dienone is 1. The Morgan fingerprint density at radius 1 is 1.18 bits per heavy atom. The van der Waals surface area contributed by atoms with E-state index in [2.05, 4.69) is 45.0 Å². The topological polar surface area (TPSA) is 17.1 Å². The molecule has 0 aliphatic heterocycles. The fourth-order valence-electron chi connectivity index (χ4n) is 1.78. The highest BCUT2D eigenvalue weighted by Gasteiger charge is 2.27. The van der Waals surface area contributed by atoms with Crippen molar-refractivity contribution in [2.24, 2.45) is 5.92 Å². The van der Waals surface area contributed by atoms with Crippen molar-refractivity contribution in [2.75, 3.05) is 0 Å². The van der Waals surface area contributed by atoms with Crippen molar-refractivity contribution in [3.05, 3.63) is 41.5 Å². The van der Waals surface area contributed by atoms with E-state index in [-0.39, 0.29) is 11.2 Å². The summed E-state index contributed by atoms with van der Waals surface area (Å²) in [5, 5.41) is 0. The first kappa shape index (κ1) is 12.1. The molecule has 2 rings (SSSR count). The summed E-state index contributed by atoms with van der Waals surface area (Å²) < 4.78 is 0.